The van der Waals surface area contributed by atoms with Gasteiger partial charge in [-0.2, -0.15) is 13.2 Å². The minimum Gasteiger partial charge on any atom is -0.370 e. The summed E-state index contributed by atoms with van der Waals surface area (Å²) in [6.45, 7) is 0.487. The first kappa shape index (κ1) is 15.6. The molecular formula is C10H10F3N5O4. The van der Waals surface area contributed by atoms with E-state index in [2.05, 4.69) is 9.83 Å². The predicted octanol–water partition coefficient (Wildman–Crippen LogP) is -1.82. The highest BCUT2D eigenvalue weighted by atomic mass is 19.4. The van der Waals surface area contributed by atoms with Crippen molar-refractivity contribution in [3.05, 3.63) is 32.6 Å². The van der Waals surface area contributed by atoms with Crippen molar-refractivity contribution in [1.29, 1.82) is 0 Å². The number of carbonyl (C=O) groups is 1. The third kappa shape index (κ3) is 3.27. The minimum atomic E-state index is -5.29. The molecular weight excluding hydrogens is 311 g/mol. The van der Waals surface area contributed by atoms with Crippen molar-refractivity contribution in [2.24, 2.45) is 10.7 Å². The van der Waals surface area contributed by atoms with Gasteiger partial charge in [0.05, 0.1) is 18.8 Å². The molecule has 3 N–H and O–H groups in total. The molecule has 0 aliphatic carbocycles. The molecule has 0 radical (unpaired) electrons. The van der Waals surface area contributed by atoms with Crippen LogP contribution in [0.3, 0.4) is 0 Å². The lowest BCUT2D eigenvalue weighted by molar-refractivity contribution is -0.200. The molecule has 2 heterocycles. The van der Waals surface area contributed by atoms with Gasteiger partial charge in [-0.15, -0.1) is 4.73 Å². The lowest BCUT2D eigenvalue weighted by Crippen LogP contribution is -2.44. The van der Waals surface area contributed by atoms with Crippen LogP contribution in [0.2, 0.25) is 0 Å². The van der Waals surface area contributed by atoms with Crippen LogP contribution in [0.5, 0.6) is 0 Å². The second-order valence-corrected chi connectivity index (χ2v) is 4.26. The monoisotopic (exact) mass is 321 g/mol. The topological polar surface area (TPSA) is 123 Å². The third-order valence-corrected chi connectivity index (χ3v) is 2.70. The lowest BCUT2D eigenvalue weighted by Gasteiger charge is -2.19. The molecule has 2 rings (SSSR count). The fourth-order valence-electron chi connectivity index (χ4n) is 1.73. The number of nitrogens with zero attached hydrogens (tertiary/aromatic N) is 3. The van der Waals surface area contributed by atoms with Crippen molar-refractivity contribution >= 4 is 11.9 Å². The SMILES string of the molecule is NC1=NCCN1Cc1cc(=O)[nH]c(=O)n1OC(=O)C(F)(F)F. The largest absolute Gasteiger partial charge is 0.493 e. The quantitative estimate of drug-likeness (QED) is 0.676. The second kappa shape index (κ2) is 5.54. The molecule has 0 bridgehead atoms. The summed E-state index contributed by atoms with van der Waals surface area (Å²) < 4.78 is 36.8. The molecule has 1 aliphatic rings. The summed E-state index contributed by atoms with van der Waals surface area (Å²) in [6.07, 6.45) is -5.29. The van der Waals surface area contributed by atoms with Gasteiger partial charge < -0.3 is 15.5 Å². The average molecular weight is 321 g/mol. The Morgan fingerprint density at radius 3 is 2.68 bits per heavy atom. The first-order valence-electron chi connectivity index (χ1n) is 5.88. The first-order chi connectivity index (χ1) is 10.2. The van der Waals surface area contributed by atoms with Crippen LogP contribution in [0.4, 0.5) is 13.2 Å². The molecule has 1 aliphatic heterocycles. The molecule has 12 heteroatoms. The number of hydrogen-bond acceptors (Lipinski definition) is 7. The van der Waals surface area contributed by atoms with Gasteiger partial charge >= 0.3 is 17.8 Å². The average Bonchev–Trinajstić information content (AvgIpc) is 2.78. The van der Waals surface area contributed by atoms with Crippen molar-refractivity contribution in [3.8, 4) is 0 Å². The van der Waals surface area contributed by atoms with Crippen molar-refractivity contribution in [3.63, 3.8) is 0 Å². The van der Waals surface area contributed by atoms with E-state index in [0.29, 0.717) is 13.1 Å². The van der Waals surface area contributed by atoms with E-state index in [0.717, 1.165) is 6.07 Å². The summed E-state index contributed by atoms with van der Waals surface area (Å²) in [5.41, 5.74) is 3.10. The fourth-order valence-corrected chi connectivity index (χ4v) is 1.73. The second-order valence-electron chi connectivity index (χ2n) is 4.26. The molecule has 120 valence electrons. The minimum absolute atomic E-state index is 0.0722. The Morgan fingerprint density at radius 2 is 2.14 bits per heavy atom. The number of alkyl halides is 3. The Morgan fingerprint density at radius 1 is 1.45 bits per heavy atom. The molecule has 0 fully saturated rings. The van der Waals surface area contributed by atoms with E-state index in [4.69, 9.17) is 5.73 Å². The van der Waals surface area contributed by atoms with Crippen molar-refractivity contribution in [2.75, 3.05) is 13.1 Å². The number of hydrogen-bond donors (Lipinski definition) is 2. The van der Waals surface area contributed by atoms with Crippen LogP contribution in [-0.2, 0) is 11.3 Å². The van der Waals surface area contributed by atoms with Crippen molar-refractivity contribution in [2.45, 2.75) is 12.7 Å². The Hall–Kier alpha value is -2.79. The van der Waals surface area contributed by atoms with E-state index in [1.54, 1.807) is 4.98 Å². The number of aromatic nitrogens is 2. The van der Waals surface area contributed by atoms with E-state index in [1.807, 2.05) is 0 Å². The highest BCUT2D eigenvalue weighted by Gasteiger charge is 2.42. The maximum atomic E-state index is 12.2. The van der Waals surface area contributed by atoms with Crippen LogP contribution < -0.4 is 21.8 Å². The number of aromatic amines is 1. The van der Waals surface area contributed by atoms with Gasteiger partial charge in [-0.05, 0) is 0 Å². The number of aliphatic imine (C=N–C) groups is 1. The zero-order chi connectivity index (χ0) is 16.5. The van der Waals surface area contributed by atoms with E-state index in [9.17, 15) is 27.6 Å². The number of halogens is 3. The normalized spacial score (nSPS) is 14.9. The number of guanidine groups is 1. The van der Waals surface area contributed by atoms with Crippen LogP contribution in [0.1, 0.15) is 5.69 Å². The van der Waals surface area contributed by atoms with Gasteiger partial charge in [-0.3, -0.25) is 14.8 Å². The maximum absolute atomic E-state index is 12.2. The molecule has 0 unspecified atom stereocenters. The van der Waals surface area contributed by atoms with Crippen LogP contribution >= 0.6 is 0 Å². The molecule has 0 saturated carbocycles. The molecule has 1 aromatic rings. The van der Waals surface area contributed by atoms with Gasteiger partial charge in [0.25, 0.3) is 5.56 Å². The Bertz CT molecular complexity index is 735. The zero-order valence-corrected chi connectivity index (χ0v) is 10.9. The first-order valence-corrected chi connectivity index (χ1v) is 5.88. The Labute approximate surface area is 119 Å². The zero-order valence-electron chi connectivity index (χ0n) is 10.9. The summed E-state index contributed by atoms with van der Waals surface area (Å²) in [5.74, 6) is -2.49. The summed E-state index contributed by atoms with van der Waals surface area (Å²) in [5, 5.41) is 0. The third-order valence-electron chi connectivity index (χ3n) is 2.70. The lowest BCUT2D eigenvalue weighted by atomic mass is 10.3. The molecule has 0 atom stereocenters. The molecule has 0 saturated heterocycles. The molecule has 9 nitrogen and oxygen atoms in total. The number of nitrogens with two attached hydrogens (primary N) is 1. The van der Waals surface area contributed by atoms with Gasteiger partial charge in [0.2, 0.25) is 0 Å². The summed E-state index contributed by atoms with van der Waals surface area (Å²) in [7, 11) is 0. The number of nitrogens with one attached hydrogen (secondary N) is 1. The van der Waals surface area contributed by atoms with Gasteiger partial charge in [-0.1, -0.05) is 0 Å². The van der Waals surface area contributed by atoms with E-state index < -0.39 is 23.4 Å². The fraction of sp³-hybridized carbons (Fsp3) is 0.400. The van der Waals surface area contributed by atoms with E-state index in [1.165, 1.54) is 4.90 Å². The van der Waals surface area contributed by atoms with Crippen LogP contribution in [0, 0.1) is 0 Å². The van der Waals surface area contributed by atoms with Crippen LogP contribution in [-0.4, -0.2) is 45.8 Å². The van der Waals surface area contributed by atoms with Crippen molar-refractivity contribution in [1.82, 2.24) is 14.6 Å². The molecule has 22 heavy (non-hydrogen) atoms. The Balaban J connectivity index is 2.36. The van der Waals surface area contributed by atoms with Gasteiger partial charge in [0.1, 0.15) is 0 Å². The van der Waals surface area contributed by atoms with Crippen molar-refractivity contribution < 1.29 is 22.8 Å². The highest BCUT2D eigenvalue weighted by Crippen LogP contribution is 2.15. The predicted molar refractivity (Wildman–Crippen MR) is 65.9 cm³/mol. The Kier molecular flexibility index (Phi) is 3.93. The number of H-pyrrole nitrogens is 1. The molecule has 0 amide bonds. The van der Waals surface area contributed by atoms with E-state index in [-0.39, 0.29) is 22.9 Å². The number of rotatable bonds is 3. The molecule has 0 aromatic carbocycles. The van der Waals surface area contributed by atoms with Gasteiger partial charge in [-0.25, -0.2) is 9.59 Å². The summed E-state index contributed by atoms with van der Waals surface area (Å²) in [6, 6.07) is 0.830. The molecule has 0 spiro atoms. The van der Waals surface area contributed by atoms with Crippen LogP contribution in [0.15, 0.2) is 20.6 Å². The summed E-state index contributed by atoms with van der Waals surface area (Å²) in [4.78, 5) is 44.7. The van der Waals surface area contributed by atoms with Crippen LogP contribution in [0.25, 0.3) is 0 Å². The maximum Gasteiger partial charge on any atom is 0.493 e. The van der Waals surface area contributed by atoms with Gasteiger partial charge in [0.15, 0.2) is 5.96 Å². The van der Waals surface area contributed by atoms with E-state index >= 15 is 0 Å². The summed E-state index contributed by atoms with van der Waals surface area (Å²) >= 11 is 0. The highest BCUT2D eigenvalue weighted by molar-refractivity contribution is 5.79. The van der Waals surface area contributed by atoms with Gasteiger partial charge in [0, 0.05) is 12.6 Å². The standard InChI is InChI=1S/C10H10F3N5O4/c11-10(12,13)7(20)22-18-5(3-6(19)16-9(18)21)4-17-2-1-15-8(17)14/h3H,1-2,4H2,(H2,14,15)(H,16,19,21). The number of carbonyl (C=O) groups excluding carboxylic acids is 1. The molecule has 1 aromatic heterocycles. The smallest absolute Gasteiger partial charge is 0.370 e.